The molecule has 2 atom stereocenters. The van der Waals surface area contributed by atoms with Gasteiger partial charge >= 0.3 is 0 Å². The summed E-state index contributed by atoms with van der Waals surface area (Å²) in [6.45, 7) is 6.60. The van der Waals surface area contributed by atoms with Gasteiger partial charge in [-0.05, 0) is 13.8 Å². The van der Waals surface area contributed by atoms with Gasteiger partial charge in [0.15, 0.2) is 0 Å². The third-order valence-corrected chi connectivity index (χ3v) is 4.17. The number of nitrogens with zero attached hydrogens (tertiary/aromatic N) is 2. The van der Waals surface area contributed by atoms with Gasteiger partial charge in [-0.1, -0.05) is 6.92 Å². The van der Waals surface area contributed by atoms with Gasteiger partial charge in [-0.3, -0.25) is 4.21 Å². The van der Waals surface area contributed by atoms with E-state index in [9.17, 15) is 4.21 Å². The molecule has 1 rings (SSSR count). The first-order valence-electron chi connectivity index (χ1n) is 6.10. The van der Waals surface area contributed by atoms with Crippen LogP contribution in [0.3, 0.4) is 0 Å². The summed E-state index contributed by atoms with van der Waals surface area (Å²) in [7, 11) is 1.02. The minimum atomic E-state index is -0.826. The lowest BCUT2D eigenvalue weighted by Crippen LogP contribution is -2.22. The van der Waals surface area contributed by atoms with Crippen LogP contribution in [0.5, 0.6) is 0 Å². The van der Waals surface area contributed by atoms with Crippen LogP contribution in [0.1, 0.15) is 25.2 Å². The molecule has 0 spiro atoms. The topological polar surface area (TPSA) is 66.9 Å². The lowest BCUT2D eigenvalue weighted by atomic mass is 10.3. The van der Waals surface area contributed by atoms with Crippen molar-refractivity contribution in [3.05, 3.63) is 11.4 Å². The number of rotatable bonds is 6. The molecule has 0 fully saturated rings. The first-order chi connectivity index (χ1) is 8.49. The Hall–Kier alpha value is -1.17. The van der Waals surface area contributed by atoms with Crippen molar-refractivity contribution in [1.29, 1.82) is 0 Å². The highest BCUT2D eigenvalue weighted by atomic mass is 32.2. The van der Waals surface area contributed by atoms with Gasteiger partial charge in [-0.2, -0.15) is 0 Å². The second-order valence-corrected chi connectivity index (χ2v) is 6.06. The van der Waals surface area contributed by atoms with Gasteiger partial charge in [0.05, 0.1) is 0 Å². The highest BCUT2D eigenvalue weighted by Gasteiger charge is 2.11. The lowest BCUT2D eigenvalue weighted by Gasteiger charge is -2.15. The van der Waals surface area contributed by atoms with Crippen LogP contribution in [-0.2, 0) is 17.2 Å². The van der Waals surface area contributed by atoms with Gasteiger partial charge < -0.3 is 10.6 Å². The second kappa shape index (κ2) is 6.68. The molecule has 102 valence electrons. The number of hydrogen-bond donors (Lipinski definition) is 2. The molecule has 0 amide bonds. The van der Waals surface area contributed by atoms with Crippen LogP contribution in [0, 0.1) is 6.92 Å². The molecule has 5 nitrogen and oxygen atoms in total. The van der Waals surface area contributed by atoms with Crippen molar-refractivity contribution in [3.63, 3.8) is 0 Å². The van der Waals surface area contributed by atoms with Gasteiger partial charge in [0.1, 0.15) is 17.5 Å². The van der Waals surface area contributed by atoms with Crippen LogP contribution >= 0.6 is 0 Å². The standard InChI is InChI=1S/C12H22N4OS/c1-6-10-15-11(13-4)9(3)12(16-10)14-7-8(2)18(5)17/h8H,6-7H2,1-5H3,(H2,13,14,15,16). The van der Waals surface area contributed by atoms with Gasteiger partial charge in [0.2, 0.25) is 0 Å². The molecule has 0 saturated heterocycles. The number of hydrogen-bond acceptors (Lipinski definition) is 5. The van der Waals surface area contributed by atoms with E-state index in [2.05, 4.69) is 20.6 Å². The second-order valence-electron chi connectivity index (χ2n) is 4.26. The average Bonchev–Trinajstić information content (AvgIpc) is 2.36. The van der Waals surface area contributed by atoms with Crippen molar-refractivity contribution in [1.82, 2.24) is 9.97 Å². The number of anilines is 2. The Morgan fingerprint density at radius 3 is 2.44 bits per heavy atom. The zero-order chi connectivity index (χ0) is 13.7. The Morgan fingerprint density at radius 2 is 1.94 bits per heavy atom. The summed E-state index contributed by atoms with van der Waals surface area (Å²) in [6.07, 6.45) is 2.51. The lowest BCUT2D eigenvalue weighted by molar-refractivity contribution is 0.678. The van der Waals surface area contributed by atoms with E-state index in [0.717, 1.165) is 29.4 Å². The fourth-order valence-corrected chi connectivity index (χ4v) is 1.81. The molecule has 0 bridgehead atoms. The molecular weight excluding hydrogens is 248 g/mol. The zero-order valence-corrected chi connectivity index (χ0v) is 12.5. The Kier molecular flexibility index (Phi) is 5.53. The Morgan fingerprint density at radius 1 is 1.33 bits per heavy atom. The average molecular weight is 270 g/mol. The molecule has 0 saturated carbocycles. The fourth-order valence-electron chi connectivity index (χ4n) is 1.49. The van der Waals surface area contributed by atoms with Crippen LogP contribution in [0.15, 0.2) is 0 Å². The predicted molar refractivity (Wildman–Crippen MR) is 77.7 cm³/mol. The fraction of sp³-hybridized carbons (Fsp3) is 0.667. The Balaban J connectivity index is 2.90. The minimum Gasteiger partial charge on any atom is -0.373 e. The summed E-state index contributed by atoms with van der Waals surface area (Å²) in [6, 6.07) is 0. The molecule has 2 unspecified atom stereocenters. The first kappa shape index (κ1) is 14.9. The van der Waals surface area contributed by atoms with E-state index in [4.69, 9.17) is 0 Å². The largest absolute Gasteiger partial charge is 0.373 e. The third kappa shape index (κ3) is 3.66. The van der Waals surface area contributed by atoms with Crippen LogP contribution in [0.25, 0.3) is 0 Å². The van der Waals surface area contributed by atoms with E-state index < -0.39 is 10.8 Å². The van der Waals surface area contributed by atoms with Crippen molar-refractivity contribution in [2.24, 2.45) is 0 Å². The van der Waals surface area contributed by atoms with E-state index in [1.54, 1.807) is 6.26 Å². The Bertz CT molecular complexity index is 436. The summed E-state index contributed by atoms with van der Waals surface area (Å²) in [4.78, 5) is 8.88. The van der Waals surface area contributed by atoms with E-state index in [1.807, 2.05) is 27.8 Å². The molecule has 1 heterocycles. The molecular formula is C12H22N4OS. The SMILES string of the molecule is CCc1nc(NC)c(C)c(NCC(C)S(C)=O)n1. The monoisotopic (exact) mass is 270 g/mol. The van der Waals surface area contributed by atoms with E-state index in [-0.39, 0.29) is 5.25 Å². The number of aryl methyl sites for hydroxylation is 1. The maximum atomic E-state index is 11.3. The first-order valence-corrected chi connectivity index (χ1v) is 7.73. The summed E-state index contributed by atoms with van der Waals surface area (Å²) in [5, 5.41) is 6.43. The molecule has 0 aliphatic rings. The van der Waals surface area contributed by atoms with Crippen molar-refractivity contribution < 1.29 is 4.21 Å². The van der Waals surface area contributed by atoms with Crippen LogP contribution in [0.4, 0.5) is 11.6 Å². The minimum absolute atomic E-state index is 0.0995. The molecule has 0 radical (unpaired) electrons. The van der Waals surface area contributed by atoms with Crippen molar-refractivity contribution in [2.75, 3.05) is 30.5 Å². The summed E-state index contributed by atoms with van der Waals surface area (Å²) in [5.41, 5.74) is 0.990. The van der Waals surface area contributed by atoms with E-state index in [1.165, 1.54) is 0 Å². The van der Waals surface area contributed by atoms with E-state index >= 15 is 0 Å². The Labute approximate surface area is 111 Å². The normalized spacial score (nSPS) is 14.1. The molecule has 1 aromatic heterocycles. The van der Waals surface area contributed by atoms with Crippen LogP contribution in [-0.4, -0.2) is 39.3 Å². The van der Waals surface area contributed by atoms with Gasteiger partial charge in [0.25, 0.3) is 0 Å². The molecule has 18 heavy (non-hydrogen) atoms. The maximum absolute atomic E-state index is 11.3. The van der Waals surface area contributed by atoms with Gasteiger partial charge in [0, 0.05) is 47.9 Å². The van der Waals surface area contributed by atoms with Crippen molar-refractivity contribution in [2.45, 2.75) is 32.4 Å². The van der Waals surface area contributed by atoms with Crippen molar-refractivity contribution >= 4 is 22.4 Å². The highest BCUT2D eigenvalue weighted by molar-refractivity contribution is 7.84. The quantitative estimate of drug-likeness (QED) is 0.821. The highest BCUT2D eigenvalue weighted by Crippen LogP contribution is 2.19. The van der Waals surface area contributed by atoms with Crippen LogP contribution < -0.4 is 10.6 Å². The predicted octanol–water partition coefficient (Wildman–Crippen LogP) is 1.57. The molecule has 6 heteroatoms. The molecule has 0 aromatic carbocycles. The molecule has 2 N–H and O–H groups in total. The molecule has 0 aliphatic carbocycles. The number of aromatic nitrogens is 2. The van der Waals surface area contributed by atoms with Crippen LogP contribution in [0.2, 0.25) is 0 Å². The molecule has 0 aliphatic heterocycles. The summed E-state index contributed by atoms with van der Waals surface area (Å²) < 4.78 is 11.3. The third-order valence-electron chi connectivity index (χ3n) is 2.87. The molecule has 1 aromatic rings. The van der Waals surface area contributed by atoms with Crippen molar-refractivity contribution in [3.8, 4) is 0 Å². The summed E-state index contributed by atoms with van der Waals surface area (Å²) >= 11 is 0. The smallest absolute Gasteiger partial charge is 0.134 e. The van der Waals surface area contributed by atoms with Gasteiger partial charge in [-0.25, -0.2) is 9.97 Å². The zero-order valence-electron chi connectivity index (χ0n) is 11.7. The number of nitrogens with one attached hydrogen (secondary N) is 2. The maximum Gasteiger partial charge on any atom is 0.134 e. The summed E-state index contributed by atoms with van der Waals surface area (Å²) in [5.74, 6) is 2.47. The van der Waals surface area contributed by atoms with Gasteiger partial charge in [-0.15, -0.1) is 0 Å². The van der Waals surface area contributed by atoms with E-state index in [0.29, 0.717) is 6.54 Å².